The highest BCUT2D eigenvalue weighted by Crippen LogP contribution is 2.40. The summed E-state index contributed by atoms with van der Waals surface area (Å²) in [5, 5.41) is 20.6. The second-order valence-electron chi connectivity index (χ2n) is 6.93. The van der Waals surface area contributed by atoms with Gasteiger partial charge in [0, 0.05) is 12.5 Å². The lowest BCUT2D eigenvalue weighted by Crippen LogP contribution is -2.34. The number of carbonyl (C=O) groups is 1. The Kier molecular flexibility index (Phi) is 7.18. The number of aliphatic hydroxyl groups excluding tert-OH is 2. The lowest BCUT2D eigenvalue weighted by Gasteiger charge is -2.26. The molecule has 0 aliphatic carbocycles. The van der Waals surface area contributed by atoms with Crippen LogP contribution in [-0.2, 0) is 23.1 Å². The number of nitrogen functional groups attached to an aromatic ring is 1. The smallest absolute Gasteiger partial charge is 0.268 e. The minimum Gasteiger partial charge on any atom is -0.756 e. The number of anilines is 1. The molecular weight excluding hydrogens is 437 g/mol. The van der Waals surface area contributed by atoms with E-state index in [0.29, 0.717) is 0 Å². The summed E-state index contributed by atoms with van der Waals surface area (Å²) in [6.45, 7) is -1.05. The van der Waals surface area contributed by atoms with Crippen LogP contribution in [0, 0.1) is 0 Å². The Labute approximate surface area is 175 Å². The number of nitrogens with zero attached hydrogens (tertiary/aromatic N) is 4. The number of rotatable bonds is 10. The number of imidazole rings is 1. The number of hydrogen-bond acceptors (Lipinski definition) is 13. The third-order valence-electron chi connectivity index (χ3n) is 4.60. The van der Waals surface area contributed by atoms with Crippen molar-refractivity contribution in [2.75, 3.05) is 18.9 Å². The largest absolute Gasteiger partial charge is 0.756 e. The summed E-state index contributed by atoms with van der Waals surface area (Å²) in [6.07, 6.45) is -2.61. The molecule has 1 fully saturated rings. The molecule has 2 aromatic rings. The molecular formula is C15H23N7O8P-. The number of primary amides is 1. The number of nitrogens with two attached hydrogens (primary N) is 3. The van der Waals surface area contributed by atoms with Gasteiger partial charge in [0.1, 0.15) is 30.2 Å². The first-order valence-electron chi connectivity index (χ1n) is 9.17. The molecule has 0 bridgehead atoms. The molecule has 0 spiro atoms. The zero-order valence-electron chi connectivity index (χ0n) is 16.2. The van der Waals surface area contributed by atoms with Gasteiger partial charge in [-0.15, -0.1) is 0 Å². The Morgan fingerprint density at radius 2 is 2.06 bits per heavy atom. The first-order chi connectivity index (χ1) is 14.6. The molecule has 0 saturated carbocycles. The highest BCUT2D eigenvalue weighted by atomic mass is 31.2. The van der Waals surface area contributed by atoms with Crippen LogP contribution in [-0.4, -0.2) is 73.2 Å². The molecule has 31 heavy (non-hydrogen) atoms. The maximum Gasteiger partial charge on any atom is 0.268 e. The zero-order chi connectivity index (χ0) is 22.8. The lowest BCUT2D eigenvalue weighted by atomic mass is 10.1. The SMILES string of the molecule is NC(=O)CCC(N)COP(=O)([O-])OC[C@H]1OC(n2cnc3c(N)ncnc32)[C@H](O)[C@@H]1O. The van der Waals surface area contributed by atoms with Crippen molar-refractivity contribution < 1.29 is 38.3 Å². The van der Waals surface area contributed by atoms with Crippen molar-refractivity contribution in [3.8, 4) is 0 Å². The van der Waals surface area contributed by atoms with Gasteiger partial charge < -0.3 is 46.1 Å². The van der Waals surface area contributed by atoms with Crippen molar-refractivity contribution >= 4 is 30.7 Å². The number of aliphatic hydroxyl groups is 2. The van der Waals surface area contributed by atoms with E-state index in [0.717, 1.165) is 0 Å². The van der Waals surface area contributed by atoms with Crippen LogP contribution in [0.3, 0.4) is 0 Å². The van der Waals surface area contributed by atoms with Crippen LogP contribution < -0.4 is 22.1 Å². The fourth-order valence-electron chi connectivity index (χ4n) is 2.95. The predicted molar refractivity (Wildman–Crippen MR) is 102 cm³/mol. The summed E-state index contributed by atoms with van der Waals surface area (Å²) in [5.74, 6) is -0.451. The standard InChI is InChI=1S/C15H24N7O8P/c16-7(1-2-9(17)23)3-28-31(26,27)29-4-8-11(24)12(25)15(30-8)22-6-21-10-13(18)19-5-20-14(10)22/h5-8,11-12,15,24-25H,1-4,16H2,(H2,17,23)(H,26,27)(H2,18,19,20)/p-1/t7?,8-,11-,12-,15?/m1/s1. The topological polar surface area (TPSA) is 247 Å². The van der Waals surface area contributed by atoms with Crippen LogP contribution in [0.5, 0.6) is 0 Å². The van der Waals surface area contributed by atoms with Gasteiger partial charge in [-0.05, 0) is 6.42 Å². The van der Waals surface area contributed by atoms with Crippen molar-refractivity contribution in [1.29, 1.82) is 0 Å². The van der Waals surface area contributed by atoms with Crippen LogP contribution in [0.15, 0.2) is 12.7 Å². The molecule has 3 unspecified atom stereocenters. The Bertz CT molecular complexity index is 974. The monoisotopic (exact) mass is 460 g/mol. The third-order valence-corrected chi connectivity index (χ3v) is 5.53. The predicted octanol–water partition coefficient (Wildman–Crippen LogP) is -2.88. The van der Waals surface area contributed by atoms with Crippen LogP contribution in [0.25, 0.3) is 11.2 Å². The van der Waals surface area contributed by atoms with E-state index >= 15 is 0 Å². The van der Waals surface area contributed by atoms with Crippen LogP contribution in [0.4, 0.5) is 5.82 Å². The molecule has 16 heteroatoms. The lowest BCUT2D eigenvalue weighted by molar-refractivity contribution is -0.228. The number of aromatic nitrogens is 4. The molecule has 1 aliphatic heterocycles. The summed E-state index contributed by atoms with van der Waals surface area (Å²) in [5.41, 5.74) is 16.9. The number of phosphoric ester groups is 1. The summed E-state index contributed by atoms with van der Waals surface area (Å²) < 4.78 is 28.3. The van der Waals surface area contributed by atoms with Gasteiger partial charge >= 0.3 is 0 Å². The second-order valence-corrected chi connectivity index (χ2v) is 8.34. The van der Waals surface area contributed by atoms with Crippen molar-refractivity contribution in [2.45, 2.75) is 43.4 Å². The molecule has 3 rings (SSSR count). The van der Waals surface area contributed by atoms with Gasteiger partial charge in [-0.1, -0.05) is 0 Å². The summed E-state index contributed by atoms with van der Waals surface area (Å²) in [6, 6.07) is -0.748. The van der Waals surface area contributed by atoms with Crippen LogP contribution in [0.1, 0.15) is 19.1 Å². The van der Waals surface area contributed by atoms with Crippen LogP contribution in [0.2, 0.25) is 0 Å². The van der Waals surface area contributed by atoms with Crippen LogP contribution >= 0.6 is 7.82 Å². The van der Waals surface area contributed by atoms with Gasteiger partial charge in [0.05, 0.1) is 19.5 Å². The van der Waals surface area contributed by atoms with E-state index < -0.39 is 57.5 Å². The first-order valence-corrected chi connectivity index (χ1v) is 10.6. The highest BCUT2D eigenvalue weighted by molar-refractivity contribution is 7.45. The minimum absolute atomic E-state index is 0.0184. The van der Waals surface area contributed by atoms with Gasteiger partial charge in [-0.2, -0.15) is 0 Å². The molecule has 2 aromatic heterocycles. The molecule has 172 valence electrons. The van der Waals surface area contributed by atoms with E-state index in [2.05, 4.69) is 19.5 Å². The van der Waals surface area contributed by atoms with E-state index in [4.69, 9.17) is 26.5 Å². The van der Waals surface area contributed by atoms with Gasteiger partial charge in [0.15, 0.2) is 17.7 Å². The normalized spacial score (nSPS) is 26.7. The Balaban J connectivity index is 1.58. The molecule has 1 amide bonds. The third kappa shape index (κ3) is 5.53. The van der Waals surface area contributed by atoms with Crippen molar-refractivity contribution in [3.63, 3.8) is 0 Å². The fraction of sp³-hybridized carbons (Fsp3) is 0.600. The Morgan fingerprint density at radius 1 is 1.32 bits per heavy atom. The number of carbonyl (C=O) groups excluding carboxylic acids is 1. The number of fused-ring (bicyclic) bond motifs is 1. The van der Waals surface area contributed by atoms with Gasteiger partial charge in [-0.3, -0.25) is 13.9 Å². The highest BCUT2D eigenvalue weighted by Gasteiger charge is 2.44. The minimum atomic E-state index is -4.79. The molecule has 0 radical (unpaired) electrons. The Hall–Kier alpha value is -2.23. The maximum atomic E-state index is 11.9. The molecule has 15 nitrogen and oxygen atoms in total. The van der Waals surface area contributed by atoms with Gasteiger partial charge in [0.25, 0.3) is 7.82 Å². The molecule has 1 saturated heterocycles. The molecule has 8 N–H and O–H groups in total. The Morgan fingerprint density at radius 3 is 2.77 bits per heavy atom. The first kappa shape index (κ1) is 23.4. The van der Waals surface area contributed by atoms with Crippen molar-refractivity contribution in [1.82, 2.24) is 19.5 Å². The summed E-state index contributed by atoms with van der Waals surface area (Å²) in [7, 11) is -4.79. The van der Waals surface area contributed by atoms with E-state index in [1.807, 2.05) is 0 Å². The average molecular weight is 460 g/mol. The van der Waals surface area contributed by atoms with Gasteiger partial charge in [0.2, 0.25) is 5.91 Å². The van der Waals surface area contributed by atoms with Crippen molar-refractivity contribution in [2.24, 2.45) is 11.5 Å². The zero-order valence-corrected chi connectivity index (χ0v) is 17.1. The molecule has 0 aromatic carbocycles. The molecule has 6 atom stereocenters. The second kappa shape index (κ2) is 9.50. The quantitative estimate of drug-likeness (QED) is 0.224. The summed E-state index contributed by atoms with van der Waals surface area (Å²) in [4.78, 5) is 34.5. The number of ether oxygens (including phenoxy) is 1. The molecule has 1 aliphatic rings. The average Bonchev–Trinajstić information content (AvgIpc) is 3.26. The van der Waals surface area contributed by atoms with E-state index in [9.17, 15) is 24.5 Å². The molecule has 3 heterocycles. The summed E-state index contributed by atoms with van der Waals surface area (Å²) >= 11 is 0. The van der Waals surface area contributed by atoms with Crippen molar-refractivity contribution in [3.05, 3.63) is 12.7 Å². The van der Waals surface area contributed by atoms with E-state index in [1.165, 1.54) is 17.2 Å². The van der Waals surface area contributed by atoms with E-state index in [-0.39, 0.29) is 29.8 Å². The maximum absolute atomic E-state index is 11.9. The van der Waals surface area contributed by atoms with E-state index in [1.54, 1.807) is 0 Å². The fourth-order valence-corrected chi connectivity index (χ4v) is 3.73. The number of phosphoric acid groups is 1. The number of amides is 1. The van der Waals surface area contributed by atoms with Gasteiger partial charge in [-0.25, -0.2) is 15.0 Å². The number of hydrogen-bond donors (Lipinski definition) is 5.